The zero-order chi connectivity index (χ0) is 11.5. The van der Waals surface area contributed by atoms with E-state index in [9.17, 15) is 13.2 Å². The second-order valence-electron chi connectivity index (χ2n) is 3.53. The van der Waals surface area contributed by atoms with Crippen molar-refractivity contribution in [2.75, 3.05) is 19.3 Å². The zero-order valence-electron chi connectivity index (χ0n) is 8.38. The molecule has 0 fully saturated rings. The Morgan fingerprint density at radius 3 is 2.53 bits per heavy atom. The second-order valence-corrected chi connectivity index (χ2v) is 3.53. The van der Waals surface area contributed by atoms with Crippen molar-refractivity contribution in [2.45, 2.75) is 12.7 Å². The number of nitrogens with two attached hydrogens (primary N) is 1. The SMILES string of the molecule is CN(Cc1cccc(N)c1)CC(F)(F)F. The lowest BCUT2D eigenvalue weighted by Crippen LogP contribution is -2.30. The Hall–Kier alpha value is -1.23. The normalized spacial score (nSPS) is 12.1. The van der Waals surface area contributed by atoms with E-state index in [1.54, 1.807) is 24.3 Å². The first-order valence-electron chi connectivity index (χ1n) is 4.46. The van der Waals surface area contributed by atoms with E-state index in [0.717, 1.165) is 5.56 Å². The molecule has 0 bridgehead atoms. The topological polar surface area (TPSA) is 29.3 Å². The van der Waals surface area contributed by atoms with Crippen LogP contribution in [0.5, 0.6) is 0 Å². The molecule has 0 saturated carbocycles. The quantitative estimate of drug-likeness (QED) is 0.788. The predicted octanol–water partition coefficient (Wildman–Crippen LogP) is 2.26. The van der Waals surface area contributed by atoms with Crippen LogP contribution >= 0.6 is 0 Å². The van der Waals surface area contributed by atoms with Crippen LogP contribution in [-0.4, -0.2) is 24.7 Å². The summed E-state index contributed by atoms with van der Waals surface area (Å²) in [7, 11) is 1.43. The summed E-state index contributed by atoms with van der Waals surface area (Å²) in [6.45, 7) is -0.674. The van der Waals surface area contributed by atoms with Gasteiger partial charge in [-0.2, -0.15) is 13.2 Å². The molecule has 0 heterocycles. The summed E-state index contributed by atoms with van der Waals surface area (Å²) >= 11 is 0. The first kappa shape index (κ1) is 11.8. The molecule has 0 atom stereocenters. The van der Waals surface area contributed by atoms with E-state index in [4.69, 9.17) is 5.73 Å². The van der Waals surface area contributed by atoms with Gasteiger partial charge >= 0.3 is 6.18 Å². The maximum Gasteiger partial charge on any atom is 0.401 e. The molecule has 0 spiro atoms. The van der Waals surface area contributed by atoms with Crippen molar-refractivity contribution in [1.82, 2.24) is 4.90 Å². The fourth-order valence-electron chi connectivity index (χ4n) is 1.37. The lowest BCUT2D eigenvalue weighted by molar-refractivity contribution is -0.144. The Balaban J connectivity index is 2.55. The minimum absolute atomic E-state index is 0.241. The molecule has 0 aliphatic rings. The summed E-state index contributed by atoms with van der Waals surface area (Å²) in [6, 6.07) is 6.86. The van der Waals surface area contributed by atoms with Gasteiger partial charge in [0, 0.05) is 12.2 Å². The Kier molecular flexibility index (Phi) is 3.57. The van der Waals surface area contributed by atoms with E-state index in [1.807, 2.05) is 0 Å². The number of hydrogen-bond donors (Lipinski definition) is 1. The van der Waals surface area contributed by atoms with Crippen LogP contribution in [0.2, 0.25) is 0 Å². The highest BCUT2D eigenvalue weighted by Crippen LogP contribution is 2.17. The summed E-state index contributed by atoms with van der Waals surface area (Å²) < 4.78 is 36.1. The number of nitrogens with zero attached hydrogens (tertiary/aromatic N) is 1. The molecule has 0 aliphatic carbocycles. The smallest absolute Gasteiger partial charge is 0.399 e. The standard InChI is InChI=1S/C10H13F3N2/c1-15(7-10(11,12)13)6-8-3-2-4-9(14)5-8/h2-5H,6-7,14H2,1H3. The molecule has 1 aromatic carbocycles. The molecule has 0 amide bonds. The first-order valence-corrected chi connectivity index (χ1v) is 4.46. The van der Waals surface area contributed by atoms with E-state index in [1.165, 1.54) is 11.9 Å². The summed E-state index contributed by atoms with van der Waals surface area (Å²) in [5.74, 6) is 0. The Labute approximate surface area is 86.5 Å². The molecule has 84 valence electrons. The highest BCUT2D eigenvalue weighted by molar-refractivity contribution is 5.40. The highest BCUT2D eigenvalue weighted by atomic mass is 19.4. The van der Waals surface area contributed by atoms with E-state index >= 15 is 0 Å². The molecule has 0 radical (unpaired) electrons. The van der Waals surface area contributed by atoms with Crippen LogP contribution in [0.25, 0.3) is 0 Å². The summed E-state index contributed by atoms with van der Waals surface area (Å²) in [4.78, 5) is 1.20. The number of halogens is 3. The number of nitrogen functional groups attached to an aromatic ring is 1. The van der Waals surface area contributed by atoms with Crippen molar-refractivity contribution in [1.29, 1.82) is 0 Å². The van der Waals surface area contributed by atoms with Crippen LogP contribution in [0.4, 0.5) is 18.9 Å². The van der Waals surface area contributed by atoms with Gasteiger partial charge in [0.2, 0.25) is 0 Å². The second kappa shape index (κ2) is 4.53. The molecule has 5 heteroatoms. The Bertz CT molecular complexity index is 323. The van der Waals surface area contributed by atoms with Gasteiger partial charge in [0.1, 0.15) is 0 Å². The fraction of sp³-hybridized carbons (Fsp3) is 0.400. The Morgan fingerprint density at radius 1 is 1.33 bits per heavy atom. The third-order valence-corrected chi connectivity index (χ3v) is 1.85. The molecule has 2 N–H and O–H groups in total. The molecule has 15 heavy (non-hydrogen) atoms. The molecular formula is C10H13F3N2. The summed E-state index contributed by atoms with van der Waals surface area (Å²) in [5.41, 5.74) is 6.86. The predicted molar refractivity (Wildman–Crippen MR) is 53.2 cm³/mol. The van der Waals surface area contributed by atoms with Crippen molar-refractivity contribution in [2.24, 2.45) is 0 Å². The van der Waals surface area contributed by atoms with Gasteiger partial charge in [0.15, 0.2) is 0 Å². The Morgan fingerprint density at radius 2 is 2.00 bits per heavy atom. The average molecular weight is 218 g/mol. The maximum absolute atomic E-state index is 12.0. The third kappa shape index (κ3) is 4.69. The molecule has 0 aliphatic heterocycles. The van der Waals surface area contributed by atoms with Crippen LogP contribution in [0.3, 0.4) is 0 Å². The molecule has 0 unspecified atom stereocenters. The van der Waals surface area contributed by atoms with Gasteiger partial charge in [-0.25, -0.2) is 0 Å². The van der Waals surface area contributed by atoms with E-state index < -0.39 is 12.7 Å². The average Bonchev–Trinajstić information content (AvgIpc) is 1.99. The van der Waals surface area contributed by atoms with Gasteiger partial charge in [-0.05, 0) is 24.7 Å². The van der Waals surface area contributed by atoms with Crippen LogP contribution in [-0.2, 0) is 6.54 Å². The highest BCUT2D eigenvalue weighted by Gasteiger charge is 2.28. The van der Waals surface area contributed by atoms with Crippen LogP contribution < -0.4 is 5.73 Å². The largest absolute Gasteiger partial charge is 0.401 e. The summed E-state index contributed by atoms with van der Waals surface area (Å²) in [5, 5.41) is 0. The number of hydrogen-bond acceptors (Lipinski definition) is 2. The van der Waals surface area contributed by atoms with Crippen molar-refractivity contribution in [3.05, 3.63) is 29.8 Å². The molecule has 1 aromatic rings. The van der Waals surface area contributed by atoms with Gasteiger partial charge in [-0.3, -0.25) is 4.90 Å². The summed E-state index contributed by atoms with van der Waals surface area (Å²) in [6.07, 6.45) is -4.16. The monoisotopic (exact) mass is 218 g/mol. The first-order chi connectivity index (χ1) is 6.87. The number of anilines is 1. The third-order valence-electron chi connectivity index (χ3n) is 1.85. The van der Waals surface area contributed by atoms with Gasteiger partial charge in [0.05, 0.1) is 6.54 Å². The molecular weight excluding hydrogens is 205 g/mol. The van der Waals surface area contributed by atoms with E-state index in [2.05, 4.69) is 0 Å². The van der Waals surface area contributed by atoms with Gasteiger partial charge < -0.3 is 5.73 Å². The minimum Gasteiger partial charge on any atom is -0.399 e. The van der Waals surface area contributed by atoms with Crippen molar-refractivity contribution in [3.63, 3.8) is 0 Å². The van der Waals surface area contributed by atoms with Crippen LogP contribution in [0.1, 0.15) is 5.56 Å². The maximum atomic E-state index is 12.0. The van der Waals surface area contributed by atoms with Crippen LogP contribution in [0, 0.1) is 0 Å². The number of benzene rings is 1. The van der Waals surface area contributed by atoms with E-state index in [-0.39, 0.29) is 6.54 Å². The van der Waals surface area contributed by atoms with Crippen LogP contribution in [0.15, 0.2) is 24.3 Å². The van der Waals surface area contributed by atoms with Gasteiger partial charge in [-0.1, -0.05) is 12.1 Å². The lowest BCUT2D eigenvalue weighted by atomic mass is 10.2. The number of rotatable bonds is 3. The van der Waals surface area contributed by atoms with E-state index in [0.29, 0.717) is 5.69 Å². The fourth-order valence-corrected chi connectivity index (χ4v) is 1.37. The van der Waals surface area contributed by atoms with Crippen molar-refractivity contribution in [3.8, 4) is 0 Å². The van der Waals surface area contributed by atoms with Crippen molar-refractivity contribution < 1.29 is 13.2 Å². The van der Waals surface area contributed by atoms with Crippen molar-refractivity contribution >= 4 is 5.69 Å². The lowest BCUT2D eigenvalue weighted by Gasteiger charge is -2.18. The molecule has 0 aromatic heterocycles. The zero-order valence-corrected chi connectivity index (χ0v) is 8.38. The number of alkyl halides is 3. The molecule has 2 nitrogen and oxygen atoms in total. The van der Waals surface area contributed by atoms with Gasteiger partial charge in [-0.15, -0.1) is 0 Å². The molecule has 1 rings (SSSR count). The molecule has 0 saturated heterocycles. The van der Waals surface area contributed by atoms with Gasteiger partial charge in [0.25, 0.3) is 0 Å². The minimum atomic E-state index is -4.16.